The van der Waals surface area contributed by atoms with Crippen LogP contribution in [0.25, 0.3) is 0 Å². The molecule has 124 valence electrons. The van der Waals surface area contributed by atoms with Gasteiger partial charge in [-0.25, -0.2) is 0 Å². The summed E-state index contributed by atoms with van der Waals surface area (Å²) in [5.41, 5.74) is 1.13. The minimum absolute atomic E-state index is 0.0563. The summed E-state index contributed by atoms with van der Waals surface area (Å²) in [5.74, 6) is 0.771. The number of aryl methyl sites for hydroxylation is 1. The van der Waals surface area contributed by atoms with Gasteiger partial charge in [-0.2, -0.15) is 0 Å². The number of fused-ring (bicyclic) bond motifs is 1. The van der Waals surface area contributed by atoms with E-state index in [1.54, 1.807) is 31.2 Å². The molecule has 0 saturated carbocycles. The van der Waals surface area contributed by atoms with Gasteiger partial charge in [-0.3, -0.25) is 14.9 Å². The van der Waals surface area contributed by atoms with Crippen molar-refractivity contribution in [2.24, 2.45) is 0 Å². The highest BCUT2D eigenvalue weighted by Crippen LogP contribution is 2.34. The zero-order valence-corrected chi connectivity index (χ0v) is 12.8. The molecule has 8 nitrogen and oxygen atoms in total. The van der Waals surface area contributed by atoms with Crippen molar-refractivity contribution in [3.63, 3.8) is 0 Å². The van der Waals surface area contributed by atoms with Gasteiger partial charge in [0, 0.05) is 17.8 Å². The van der Waals surface area contributed by atoms with Gasteiger partial charge >= 0.3 is 5.69 Å². The third kappa shape index (κ3) is 3.37. The maximum absolute atomic E-state index is 12.0. The van der Waals surface area contributed by atoms with Gasteiger partial charge in [0.15, 0.2) is 23.9 Å². The zero-order chi connectivity index (χ0) is 17.1. The van der Waals surface area contributed by atoms with Crippen LogP contribution in [0.4, 0.5) is 11.4 Å². The fourth-order valence-electron chi connectivity index (χ4n) is 2.20. The average Bonchev–Trinajstić information content (AvgIpc) is 3.00. The molecule has 0 aromatic heterocycles. The Morgan fingerprint density at radius 2 is 2.04 bits per heavy atom. The van der Waals surface area contributed by atoms with Crippen LogP contribution in [-0.4, -0.2) is 24.2 Å². The third-order valence-corrected chi connectivity index (χ3v) is 3.33. The van der Waals surface area contributed by atoms with E-state index in [1.807, 2.05) is 0 Å². The predicted octanol–water partition coefficient (Wildman–Crippen LogP) is 2.65. The Morgan fingerprint density at radius 1 is 1.25 bits per heavy atom. The molecule has 0 radical (unpaired) electrons. The van der Waals surface area contributed by atoms with Gasteiger partial charge in [-0.15, -0.1) is 0 Å². The highest BCUT2D eigenvalue weighted by Gasteiger charge is 2.17. The molecule has 0 aliphatic carbocycles. The molecule has 0 unspecified atom stereocenters. The number of benzene rings is 2. The van der Waals surface area contributed by atoms with Gasteiger partial charge in [0.05, 0.1) is 4.92 Å². The predicted molar refractivity (Wildman–Crippen MR) is 84.5 cm³/mol. The normalized spacial score (nSPS) is 11.9. The van der Waals surface area contributed by atoms with Crippen molar-refractivity contribution >= 4 is 17.3 Å². The molecule has 1 heterocycles. The number of anilines is 1. The first-order valence-electron chi connectivity index (χ1n) is 7.10. The zero-order valence-electron chi connectivity index (χ0n) is 12.8. The Morgan fingerprint density at radius 3 is 2.83 bits per heavy atom. The van der Waals surface area contributed by atoms with Crippen LogP contribution >= 0.6 is 0 Å². The molecule has 3 rings (SSSR count). The van der Waals surface area contributed by atoms with E-state index >= 15 is 0 Å². The molecular formula is C16H14N2O6. The highest BCUT2D eigenvalue weighted by atomic mass is 16.7. The molecule has 0 spiro atoms. The number of nitro benzene ring substituents is 1. The summed E-state index contributed by atoms with van der Waals surface area (Å²) in [6, 6.07) is 9.46. The van der Waals surface area contributed by atoms with Crippen LogP contribution in [0.1, 0.15) is 5.56 Å². The van der Waals surface area contributed by atoms with E-state index in [0.717, 1.165) is 5.56 Å². The SMILES string of the molecule is Cc1ccc([N+](=O)[O-])c(OCC(=O)Nc2ccc3c(c2)OCO3)c1. The lowest BCUT2D eigenvalue weighted by molar-refractivity contribution is -0.385. The molecule has 0 saturated heterocycles. The first kappa shape index (κ1) is 15.6. The second-order valence-electron chi connectivity index (χ2n) is 5.13. The van der Waals surface area contributed by atoms with E-state index in [2.05, 4.69) is 5.32 Å². The van der Waals surface area contributed by atoms with E-state index in [1.165, 1.54) is 12.1 Å². The maximum Gasteiger partial charge on any atom is 0.310 e. The molecule has 24 heavy (non-hydrogen) atoms. The molecule has 0 atom stereocenters. The lowest BCUT2D eigenvalue weighted by Crippen LogP contribution is -2.20. The second kappa shape index (κ2) is 6.45. The standard InChI is InChI=1S/C16H14N2O6/c1-10-2-4-12(18(20)21)14(6-10)22-8-16(19)17-11-3-5-13-15(7-11)24-9-23-13/h2-7H,8-9H2,1H3,(H,17,19). The Kier molecular flexibility index (Phi) is 4.19. The Bertz CT molecular complexity index is 805. The summed E-state index contributed by atoms with van der Waals surface area (Å²) in [7, 11) is 0. The first-order chi connectivity index (χ1) is 11.5. The van der Waals surface area contributed by atoms with Crippen LogP contribution in [0.15, 0.2) is 36.4 Å². The van der Waals surface area contributed by atoms with Gasteiger partial charge in [-0.05, 0) is 30.7 Å². The van der Waals surface area contributed by atoms with Crippen molar-refractivity contribution in [1.29, 1.82) is 0 Å². The van der Waals surface area contributed by atoms with Crippen LogP contribution in [0.3, 0.4) is 0 Å². The highest BCUT2D eigenvalue weighted by molar-refractivity contribution is 5.92. The van der Waals surface area contributed by atoms with Crippen molar-refractivity contribution in [2.75, 3.05) is 18.7 Å². The van der Waals surface area contributed by atoms with Crippen LogP contribution in [0, 0.1) is 17.0 Å². The van der Waals surface area contributed by atoms with E-state index in [4.69, 9.17) is 14.2 Å². The molecule has 2 aromatic rings. The summed E-state index contributed by atoms with van der Waals surface area (Å²) in [5, 5.41) is 13.6. The summed E-state index contributed by atoms with van der Waals surface area (Å²) >= 11 is 0. The minimum Gasteiger partial charge on any atom is -0.477 e. The molecule has 2 aromatic carbocycles. The van der Waals surface area contributed by atoms with Gasteiger partial charge in [0.25, 0.3) is 5.91 Å². The van der Waals surface area contributed by atoms with Gasteiger partial charge < -0.3 is 19.5 Å². The number of hydrogen-bond donors (Lipinski definition) is 1. The molecule has 0 fully saturated rings. The fraction of sp³-hybridized carbons (Fsp3) is 0.188. The van der Waals surface area contributed by atoms with Crippen molar-refractivity contribution < 1.29 is 23.9 Å². The minimum atomic E-state index is -0.551. The maximum atomic E-state index is 12.0. The Hall–Kier alpha value is -3.29. The van der Waals surface area contributed by atoms with Crippen molar-refractivity contribution in [3.8, 4) is 17.2 Å². The quantitative estimate of drug-likeness (QED) is 0.668. The van der Waals surface area contributed by atoms with E-state index in [9.17, 15) is 14.9 Å². The molecule has 8 heteroatoms. The Labute approximate surface area is 137 Å². The summed E-state index contributed by atoms with van der Waals surface area (Å²) < 4.78 is 15.7. The van der Waals surface area contributed by atoms with Crippen molar-refractivity contribution in [3.05, 3.63) is 52.1 Å². The van der Waals surface area contributed by atoms with E-state index < -0.39 is 10.8 Å². The number of rotatable bonds is 5. The van der Waals surface area contributed by atoms with Crippen LogP contribution in [-0.2, 0) is 4.79 Å². The topological polar surface area (TPSA) is 99.9 Å². The third-order valence-electron chi connectivity index (χ3n) is 3.33. The van der Waals surface area contributed by atoms with Crippen molar-refractivity contribution in [1.82, 2.24) is 0 Å². The molecule has 1 amide bonds. The number of hydrogen-bond acceptors (Lipinski definition) is 6. The smallest absolute Gasteiger partial charge is 0.310 e. The number of ether oxygens (including phenoxy) is 3. The number of nitrogens with one attached hydrogen (secondary N) is 1. The fourth-order valence-corrected chi connectivity index (χ4v) is 2.20. The number of carbonyl (C=O) groups excluding carboxylic acids is 1. The largest absolute Gasteiger partial charge is 0.477 e. The van der Waals surface area contributed by atoms with Gasteiger partial charge in [-0.1, -0.05) is 6.07 Å². The lowest BCUT2D eigenvalue weighted by atomic mass is 10.2. The summed E-state index contributed by atoms with van der Waals surface area (Å²) in [6.45, 7) is 1.58. The van der Waals surface area contributed by atoms with Crippen LogP contribution < -0.4 is 19.5 Å². The summed E-state index contributed by atoms with van der Waals surface area (Å²) in [6.07, 6.45) is 0. The monoisotopic (exact) mass is 330 g/mol. The molecule has 0 bridgehead atoms. The van der Waals surface area contributed by atoms with Crippen molar-refractivity contribution in [2.45, 2.75) is 6.92 Å². The molecule has 1 aliphatic rings. The number of amides is 1. The average molecular weight is 330 g/mol. The van der Waals surface area contributed by atoms with E-state index in [0.29, 0.717) is 17.2 Å². The number of carbonyl (C=O) groups is 1. The lowest BCUT2D eigenvalue weighted by Gasteiger charge is -2.09. The molecule has 1 N–H and O–H groups in total. The number of nitrogens with zero attached hydrogens (tertiary/aromatic N) is 1. The number of nitro groups is 1. The van der Waals surface area contributed by atoms with E-state index in [-0.39, 0.29) is 24.8 Å². The van der Waals surface area contributed by atoms with Crippen LogP contribution in [0.2, 0.25) is 0 Å². The Balaban J connectivity index is 1.64. The molecule has 1 aliphatic heterocycles. The first-order valence-corrected chi connectivity index (χ1v) is 7.10. The molecular weight excluding hydrogens is 316 g/mol. The second-order valence-corrected chi connectivity index (χ2v) is 5.13. The van der Waals surface area contributed by atoms with Gasteiger partial charge in [0.1, 0.15) is 0 Å². The van der Waals surface area contributed by atoms with Crippen LogP contribution in [0.5, 0.6) is 17.2 Å². The summed E-state index contributed by atoms with van der Waals surface area (Å²) in [4.78, 5) is 22.4. The van der Waals surface area contributed by atoms with Gasteiger partial charge in [0.2, 0.25) is 6.79 Å².